The van der Waals surface area contributed by atoms with E-state index in [1.54, 1.807) is 7.11 Å². The number of aromatic nitrogens is 1. The summed E-state index contributed by atoms with van der Waals surface area (Å²) in [6, 6.07) is 8.01. The molecule has 0 unspecified atom stereocenters. The van der Waals surface area contributed by atoms with Gasteiger partial charge in [-0.3, -0.25) is 4.90 Å². The molecule has 118 valence electrons. The molecule has 0 bridgehead atoms. The molecule has 1 aromatic heterocycles. The zero-order valence-electron chi connectivity index (χ0n) is 13.3. The SMILES string of the molecule is COc1c(C)cc(CN(C)Cc2cc(Cl)nc(Cl)c2)cc1C. The van der Waals surface area contributed by atoms with Gasteiger partial charge in [0.1, 0.15) is 16.1 Å². The molecule has 22 heavy (non-hydrogen) atoms. The van der Waals surface area contributed by atoms with Gasteiger partial charge in [-0.1, -0.05) is 35.3 Å². The number of benzene rings is 1. The van der Waals surface area contributed by atoms with Crippen LogP contribution in [0.15, 0.2) is 24.3 Å². The summed E-state index contributed by atoms with van der Waals surface area (Å²) in [7, 11) is 3.77. The smallest absolute Gasteiger partial charge is 0.131 e. The van der Waals surface area contributed by atoms with E-state index in [0.717, 1.165) is 35.5 Å². The van der Waals surface area contributed by atoms with Crippen molar-refractivity contribution in [2.24, 2.45) is 0 Å². The van der Waals surface area contributed by atoms with Gasteiger partial charge in [-0.05, 0) is 55.3 Å². The molecule has 3 nitrogen and oxygen atoms in total. The summed E-state index contributed by atoms with van der Waals surface area (Å²) in [5.41, 5.74) is 4.61. The summed E-state index contributed by atoms with van der Waals surface area (Å²) in [5, 5.41) is 0.846. The Bertz CT molecular complexity index is 630. The van der Waals surface area contributed by atoms with Gasteiger partial charge < -0.3 is 4.74 Å². The van der Waals surface area contributed by atoms with Gasteiger partial charge in [-0.2, -0.15) is 0 Å². The van der Waals surface area contributed by atoms with Crippen LogP contribution in [0.25, 0.3) is 0 Å². The van der Waals surface area contributed by atoms with E-state index in [2.05, 4.69) is 42.9 Å². The molecule has 0 fully saturated rings. The molecule has 0 spiro atoms. The highest BCUT2D eigenvalue weighted by molar-refractivity contribution is 6.32. The predicted octanol–water partition coefficient (Wildman–Crippen LogP) is 4.65. The van der Waals surface area contributed by atoms with E-state index in [4.69, 9.17) is 27.9 Å². The van der Waals surface area contributed by atoms with Gasteiger partial charge in [0.25, 0.3) is 0 Å². The summed E-state index contributed by atoms with van der Waals surface area (Å²) in [4.78, 5) is 6.18. The van der Waals surface area contributed by atoms with Crippen LogP contribution in [0.4, 0.5) is 0 Å². The molecule has 0 radical (unpaired) electrons. The van der Waals surface area contributed by atoms with E-state index in [9.17, 15) is 0 Å². The highest BCUT2D eigenvalue weighted by Crippen LogP contribution is 2.25. The number of rotatable bonds is 5. The van der Waals surface area contributed by atoms with Crippen LogP contribution in [0.5, 0.6) is 5.75 Å². The second-order valence-corrected chi connectivity index (χ2v) is 6.33. The predicted molar refractivity (Wildman–Crippen MR) is 91.9 cm³/mol. The van der Waals surface area contributed by atoms with Crippen LogP contribution in [-0.4, -0.2) is 24.0 Å². The standard InChI is InChI=1S/C17H20Cl2N2O/c1-11-5-13(6-12(2)17(11)22-4)9-21(3)10-14-7-15(18)20-16(19)8-14/h5-8H,9-10H2,1-4H3. The monoisotopic (exact) mass is 338 g/mol. The molecule has 1 heterocycles. The van der Waals surface area contributed by atoms with Crippen molar-refractivity contribution < 1.29 is 4.74 Å². The fraction of sp³-hybridized carbons (Fsp3) is 0.353. The number of halogens is 2. The molecule has 0 aliphatic carbocycles. The lowest BCUT2D eigenvalue weighted by Gasteiger charge is -2.19. The Morgan fingerprint density at radius 2 is 1.41 bits per heavy atom. The molecule has 0 atom stereocenters. The number of methoxy groups -OCH3 is 1. The van der Waals surface area contributed by atoms with E-state index in [1.165, 1.54) is 5.56 Å². The Morgan fingerprint density at radius 3 is 1.86 bits per heavy atom. The van der Waals surface area contributed by atoms with Crippen LogP contribution >= 0.6 is 23.2 Å². The minimum atomic E-state index is 0.423. The molecule has 5 heteroatoms. The van der Waals surface area contributed by atoms with E-state index < -0.39 is 0 Å². The molecule has 0 N–H and O–H groups in total. The summed E-state index contributed by atoms with van der Waals surface area (Å²) < 4.78 is 5.41. The molecule has 0 saturated carbocycles. The quantitative estimate of drug-likeness (QED) is 0.742. The Balaban J connectivity index is 2.10. The first-order valence-corrected chi connectivity index (χ1v) is 7.79. The van der Waals surface area contributed by atoms with Crippen molar-refractivity contribution in [3.63, 3.8) is 0 Å². The first kappa shape index (κ1) is 17.1. The average Bonchev–Trinajstić information content (AvgIpc) is 2.36. The van der Waals surface area contributed by atoms with Gasteiger partial charge in [0.15, 0.2) is 0 Å². The molecular formula is C17H20Cl2N2O. The van der Waals surface area contributed by atoms with Gasteiger partial charge in [0, 0.05) is 13.1 Å². The van der Waals surface area contributed by atoms with E-state index >= 15 is 0 Å². The second-order valence-electron chi connectivity index (χ2n) is 5.56. The highest BCUT2D eigenvalue weighted by Gasteiger charge is 2.08. The van der Waals surface area contributed by atoms with Crippen LogP contribution in [0.3, 0.4) is 0 Å². The normalized spacial score (nSPS) is 11.0. The van der Waals surface area contributed by atoms with Crippen LogP contribution in [0.1, 0.15) is 22.3 Å². The lowest BCUT2D eigenvalue weighted by atomic mass is 10.1. The van der Waals surface area contributed by atoms with Gasteiger partial charge in [0.05, 0.1) is 7.11 Å². The molecule has 0 saturated heterocycles. The molecule has 2 rings (SSSR count). The van der Waals surface area contributed by atoms with Crippen molar-refractivity contribution in [1.29, 1.82) is 0 Å². The van der Waals surface area contributed by atoms with Crippen molar-refractivity contribution in [3.05, 3.63) is 56.8 Å². The van der Waals surface area contributed by atoms with E-state index in [0.29, 0.717) is 10.3 Å². The molecule has 0 aliphatic heterocycles. The number of hydrogen-bond acceptors (Lipinski definition) is 3. The maximum atomic E-state index is 5.94. The third-order valence-electron chi connectivity index (χ3n) is 3.45. The summed E-state index contributed by atoms with van der Waals surface area (Å²) in [6.07, 6.45) is 0. The minimum absolute atomic E-state index is 0.423. The third-order valence-corrected chi connectivity index (χ3v) is 3.84. The average molecular weight is 339 g/mol. The van der Waals surface area contributed by atoms with Crippen molar-refractivity contribution in [2.75, 3.05) is 14.2 Å². The van der Waals surface area contributed by atoms with Crippen LogP contribution in [0.2, 0.25) is 10.3 Å². The fourth-order valence-corrected chi connectivity index (χ4v) is 3.24. The lowest BCUT2D eigenvalue weighted by Crippen LogP contribution is -2.17. The maximum absolute atomic E-state index is 5.94. The molecule has 0 aliphatic rings. The molecular weight excluding hydrogens is 319 g/mol. The van der Waals surface area contributed by atoms with Gasteiger partial charge in [-0.15, -0.1) is 0 Å². The topological polar surface area (TPSA) is 25.4 Å². The number of nitrogens with zero attached hydrogens (tertiary/aromatic N) is 2. The summed E-state index contributed by atoms with van der Waals surface area (Å²) in [5.74, 6) is 0.958. The van der Waals surface area contributed by atoms with Crippen LogP contribution in [0, 0.1) is 13.8 Å². The lowest BCUT2D eigenvalue weighted by molar-refractivity contribution is 0.318. The second kappa shape index (κ2) is 7.32. The zero-order valence-corrected chi connectivity index (χ0v) is 14.8. The largest absolute Gasteiger partial charge is 0.496 e. The number of ether oxygens (including phenoxy) is 1. The van der Waals surface area contributed by atoms with Crippen molar-refractivity contribution in [3.8, 4) is 5.75 Å². The first-order chi connectivity index (χ1) is 10.4. The van der Waals surface area contributed by atoms with Crippen molar-refractivity contribution >= 4 is 23.2 Å². The van der Waals surface area contributed by atoms with E-state index in [1.807, 2.05) is 12.1 Å². The Morgan fingerprint density at radius 1 is 0.955 bits per heavy atom. The third kappa shape index (κ3) is 4.35. The minimum Gasteiger partial charge on any atom is -0.496 e. The fourth-order valence-electron chi connectivity index (χ4n) is 2.74. The molecule has 0 amide bonds. The number of pyridine rings is 1. The van der Waals surface area contributed by atoms with Gasteiger partial charge >= 0.3 is 0 Å². The first-order valence-electron chi connectivity index (χ1n) is 7.03. The van der Waals surface area contributed by atoms with Gasteiger partial charge in [0.2, 0.25) is 0 Å². The number of aryl methyl sites for hydroxylation is 2. The van der Waals surface area contributed by atoms with Crippen molar-refractivity contribution in [1.82, 2.24) is 9.88 Å². The van der Waals surface area contributed by atoms with Gasteiger partial charge in [-0.25, -0.2) is 4.98 Å². The summed E-state index contributed by atoms with van der Waals surface area (Å²) >= 11 is 11.9. The highest BCUT2D eigenvalue weighted by atomic mass is 35.5. The Kier molecular flexibility index (Phi) is 5.68. The number of hydrogen-bond donors (Lipinski definition) is 0. The van der Waals surface area contributed by atoms with Crippen LogP contribution < -0.4 is 4.74 Å². The molecule has 1 aromatic carbocycles. The van der Waals surface area contributed by atoms with Crippen molar-refractivity contribution in [2.45, 2.75) is 26.9 Å². The zero-order chi connectivity index (χ0) is 16.3. The van der Waals surface area contributed by atoms with Crippen LogP contribution in [-0.2, 0) is 13.1 Å². The summed E-state index contributed by atoms with van der Waals surface area (Å²) in [6.45, 7) is 5.73. The Labute approximate surface area is 141 Å². The maximum Gasteiger partial charge on any atom is 0.131 e. The van der Waals surface area contributed by atoms with E-state index in [-0.39, 0.29) is 0 Å². The molecule has 2 aromatic rings. The Hall–Kier alpha value is -1.29.